The zero-order chi connectivity index (χ0) is 14.8. The highest BCUT2D eigenvalue weighted by atomic mass is 16.3. The number of aliphatic hydroxyl groups excluding tert-OH is 1. The molecule has 4 aliphatic rings. The number of fused-ring (bicyclic) bond motifs is 5. The van der Waals surface area contributed by atoms with E-state index in [1.54, 1.807) is 0 Å². The van der Waals surface area contributed by atoms with E-state index in [9.17, 15) is 5.11 Å². The number of hydrogen-bond donors (Lipinski definition) is 1. The quantitative estimate of drug-likeness (QED) is 0.630. The summed E-state index contributed by atoms with van der Waals surface area (Å²) in [5.74, 6) is 2.64. The van der Waals surface area contributed by atoms with E-state index in [1.807, 2.05) is 0 Å². The predicted molar refractivity (Wildman–Crippen MR) is 86.8 cm³/mol. The highest BCUT2D eigenvalue weighted by molar-refractivity contribution is 5.36. The van der Waals surface area contributed by atoms with Gasteiger partial charge in [-0.2, -0.15) is 0 Å². The first kappa shape index (κ1) is 14.1. The summed E-state index contributed by atoms with van der Waals surface area (Å²) in [5, 5.41) is 10.1. The van der Waals surface area contributed by atoms with E-state index in [0.717, 1.165) is 24.2 Å². The Labute approximate surface area is 129 Å². The van der Waals surface area contributed by atoms with Gasteiger partial charge in [0, 0.05) is 5.41 Å². The van der Waals surface area contributed by atoms with Crippen molar-refractivity contribution in [2.45, 2.75) is 71.3 Å². The molecule has 1 nitrogen and oxygen atoms in total. The van der Waals surface area contributed by atoms with Crippen LogP contribution in [0.1, 0.15) is 65.2 Å². The van der Waals surface area contributed by atoms with E-state index < -0.39 is 0 Å². The van der Waals surface area contributed by atoms with Crippen LogP contribution in [0.25, 0.3) is 0 Å². The molecule has 0 aromatic heterocycles. The highest BCUT2D eigenvalue weighted by Crippen LogP contribution is 2.66. The highest BCUT2D eigenvalue weighted by Gasteiger charge is 2.56. The molecule has 21 heavy (non-hydrogen) atoms. The van der Waals surface area contributed by atoms with Crippen LogP contribution in [0.2, 0.25) is 0 Å². The van der Waals surface area contributed by atoms with Gasteiger partial charge in [0.1, 0.15) is 0 Å². The van der Waals surface area contributed by atoms with Gasteiger partial charge >= 0.3 is 0 Å². The first-order valence-electron chi connectivity index (χ1n) is 9.02. The van der Waals surface area contributed by atoms with E-state index in [4.69, 9.17) is 0 Å². The summed E-state index contributed by atoms with van der Waals surface area (Å²) < 4.78 is 0. The van der Waals surface area contributed by atoms with Crippen LogP contribution in [0.4, 0.5) is 0 Å². The SMILES string of the molecule is C=C1C[C@H](O)C=C2CC[C@H]3[C@@H]4CCC[C@@]4(C)CC[C@@H]3[C@@]12C. The summed E-state index contributed by atoms with van der Waals surface area (Å²) in [5.41, 5.74) is 3.64. The van der Waals surface area contributed by atoms with E-state index in [0.29, 0.717) is 5.41 Å². The van der Waals surface area contributed by atoms with Crippen molar-refractivity contribution >= 4 is 0 Å². The second-order valence-corrected chi connectivity index (χ2v) is 8.77. The topological polar surface area (TPSA) is 20.2 Å². The van der Waals surface area contributed by atoms with Crippen LogP contribution in [0.5, 0.6) is 0 Å². The average molecular weight is 286 g/mol. The molecule has 1 heteroatoms. The lowest BCUT2D eigenvalue weighted by molar-refractivity contribution is -0.0232. The summed E-state index contributed by atoms with van der Waals surface area (Å²) in [7, 11) is 0. The van der Waals surface area contributed by atoms with Gasteiger partial charge in [-0.15, -0.1) is 0 Å². The fourth-order valence-electron chi connectivity index (χ4n) is 6.72. The average Bonchev–Trinajstić information content (AvgIpc) is 2.82. The summed E-state index contributed by atoms with van der Waals surface area (Å²) in [6, 6.07) is 0. The van der Waals surface area contributed by atoms with Gasteiger partial charge in [-0.1, -0.05) is 44.1 Å². The molecule has 0 radical (unpaired) electrons. The van der Waals surface area contributed by atoms with Crippen LogP contribution in [0.3, 0.4) is 0 Å². The zero-order valence-corrected chi connectivity index (χ0v) is 13.7. The molecule has 0 spiro atoms. The zero-order valence-electron chi connectivity index (χ0n) is 13.7. The monoisotopic (exact) mass is 286 g/mol. The Balaban J connectivity index is 1.73. The van der Waals surface area contributed by atoms with Crippen LogP contribution < -0.4 is 0 Å². The Kier molecular flexibility index (Phi) is 2.99. The van der Waals surface area contributed by atoms with Gasteiger partial charge in [-0.25, -0.2) is 0 Å². The van der Waals surface area contributed by atoms with Crippen molar-refractivity contribution in [1.82, 2.24) is 0 Å². The smallest absolute Gasteiger partial charge is 0.0761 e. The first-order valence-corrected chi connectivity index (χ1v) is 9.02. The molecule has 0 unspecified atom stereocenters. The lowest BCUT2D eigenvalue weighted by atomic mass is 9.46. The largest absolute Gasteiger partial charge is 0.389 e. The van der Waals surface area contributed by atoms with Gasteiger partial charge in [-0.3, -0.25) is 0 Å². The molecule has 4 rings (SSSR count). The van der Waals surface area contributed by atoms with E-state index in [-0.39, 0.29) is 11.5 Å². The second-order valence-electron chi connectivity index (χ2n) is 8.77. The number of hydrogen-bond acceptors (Lipinski definition) is 1. The Morgan fingerprint density at radius 1 is 1.14 bits per heavy atom. The Hall–Kier alpha value is -0.560. The molecule has 0 aliphatic heterocycles. The van der Waals surface area contributed by atoms with Crippen LogP contribution in [-0.4, -0.2) is 11.2 Å². The summed E-state index contributed by atoms with van der Waals surface area (Å²) in [4.78, 5) is 0. The first-order chi connectivity index (χ1) is 9.95. The Morgan fingerprint density at radius 3 is 2.76 bits per heavy atom. The third-order valence-electron chi connectivity index (χ3n) is 7.96. The fraction of sp³-hybridized carbons (Fsp3) is 0.800. The van der Waals surface area contributed by atoms with E-state index in [2.05, 4.69) is 26.5 Å². The van der Waals surface area contributed by atoms with Crippen LogP contribution in [0, 0.1) is 28.6 Å². The van der Waals surface area contributed by atoms with Gasteiger partial charge in [0.2, 0.25) is 0 Å². The molecule has 116 valence electrons. The third kappa shape index (κ3) is 1.79. The number of aliphatic hydroxyl groups is 1. The summed E-state index contributed by atoms with van der Waals surface area (Å²) in [6.45, 7) is 9.42. The molecule has 3 saturated carbocycles. The molecule has 0 bridgehead atoms. The van der Waals surface area contributed by atoms with Crippen molar-refractivity contribution in [2.75, 3.05) is 0 Å². The predicted octanol–water partition coefficient (Wildman–Crippen LogP) is 4.87. The molecular formula is C20H30O. The maximum Gasteiger partial charge on any atom is 0.0761 e. The molecule has 3 fully saturated rings. The maximum absolute atomic E-state index is 10.1. The van der Waals surface area contributed by atoms with Crippen molar-refractivity contribution < 1.29 is 5.11 Å². The molecule has 0 saturated heterocycles. The minimum Gasteiger partial charge on any atom is -0.389 e. The summed E-state index contributed by atoms with van der Waals surface area (Å²) in [6.07, 6.45) is 12.4. The molecular weight excluding hydrogens is 256 g/mol. The van der Waals surface area contributed by atoms with E-state index in [1.165, 1.54) is 56.1 Å². The number of rotatable bonds is 0. The molecule has 1 N–H and O–H groups in total. The molecule has 0 aromatic rings. The van der Waals surface area contributed by atoms with Crippen molar-refractivity contribution in [2.24, 2.45) is 28.6 Å². The lowest BCUT2D eigenvalue weighted by Gasteiger charge is -2.58. The van der Waals surface area contributed by atoms with Gasteiger partial charge in [0.15, 0.2) is 0 Å². The van der Waals surface area contributed by atoms with E-state index >= 15 is 0 Å². The van der Waals surface area contributed by atoms with Crippen molar-refractivity contribution in [1.29, 1.82) is 0 Å². The molecule has 4 aliphatic carbocycles. The minimum absolute atomic E-state index is 0.187. The fourth-order valence-corrected chi connectivity index (χ4v) is 6.72. The van der Waals surface area contributed by atoms with Gasteiger partial charge in [0.05, 0.1) is 6.10 Å². The second kappa shape index (κ2) is 4.47. The minimum atomic E-state index is -0.280. The van der Waals surface area contributed by atoms with Crippen molar-refractivity contribution in [3.63, 3.8) is 0 Å². The van der Waals surface area contributed by atoms with Gasteiger partial charge < -0.3 is 5.11 Å². The summed E-state index contributed by atoms with van der Waals surface area (Å²) >= 11 is 0. The Bertz CT molecular complexity index is 504. The van der Waals surface area contributed by atoms with Crippen LogP contribution >= 0.6 is 0 Å². The van der Waals surface area contributed by atoms with Crippen LogP contribution in [0.15, 0.2) is 23.8 Å². The normalized spacial score (nSPS) is 52.7. The Morgan fingerprint density at radius 2 is 1.95 bits per heavy atom. The maximum atomic E-state index is 10.1. The standard InChI is InChI=1S/C20H30O/c1-13-11-15(21)12-14-6-7-16-17-5-4-9-19(17,2)10-8-18(16)20(13,14)3/h12,15-18,21H,1,4-11H2,2-3H3/t15-,16-,17-,18-,19-,20-/m0/s1. The number of allylic oxidation sites excluding steroid dienone is 1. The third-order valence-corrected chi connectivity index (χ3v) is 7.96. The van der Waals surface area contributed by atoms with Gasteiger partial charge in [-0.05, 0) is 68.1 Å². The molecule has 0 aromatic carbocycles. The molecule has 0 amide bonds. The van der Waals surface area contributed by atoms with Crippen LogP contribution in [-0.2, 0) is 0 Å². The lowest BCUT2D eigenvalue weighted by Crippen LogP contribution is -2.50. The van der Waals surface area contributed by atoms with Crippen molar-refractivity contribution in [3.8, 4) is 0 Å². The molecule has 0 heterocycles. The molecule has 6 atom stereocenters. The van der Waals surface area contributed by atoms with Gasteiger partial charge in [0.25, 0.3) is 0 Å². The van der Waals surface area contributed by atoms with Crippen molar-refractivity contribution in [3.05, 3.63) is 23.8 Å².